The predicted molar refractivity (Wildman–Crippen MR) is 100 cm³/mol. The Morgan fingerprint density at radius 1 is 0.643 bits per heavy atom. The molecule has 2 atom stereocenters. The smallest absolute Gasteiger partial charge is 0.337 e. The zero-order chi connectivity index (χ0) is 20.5. The van der Waals surface area contributed by atoms with Gasteiger partial charge in [-0.2, -0.15) is 10.2 Å². The number of hydrogen-bond donors (Lipinski definition) is 0. The molecule has 0 aliphatic heterocycles. The van der Waals surface area contributed by atoms with Crippen molar-refractivity contribution in [3.63, 3.8) is 0 Å². The van der Waals surface area contributed by atoms with Crippen molar-refractivity contribution in [1.29, 1.82) is 0 Å². The number of hydrogen-bond acceptors (Lipinski definition) is 8. The third-order valence-electron chi connectivity index (χ3n) is 4.01. The molecule has 0 radical (unpaired) electrons. The summed E-state index contributed by atoms with van der Waals surface area (Å²) in [7, 11) is 5.61. The molecular formula is C20H22N2O6. The number of nitrogens with zero attached hydrogens (tertiary/aromatic N) is 2. The SMILES string of the molecule is COC(=O)C(N=NC(C(=O)OC)c1ccc(OC)cc1)c1ccc(OC)cc1. The zero-order valence-corrected chi connectivity index (χ0v) is 16.1. The maximum Gasteiger partial charge on any atom is 0.337 e. The first-order chi connectivity index (χ1) is 13.5. The van der Waals surface area contributed by atoms with Gasteiger partial charge < -0.3 is 18.9 Å². The van der Waals surface area contributed by atoms with Crippen molar-refractivity contribution in [1.82, 2.24) is 0 Å². The topological polar surface area (TPSA) is 95.8 Å². The summed E-state index contributed by atoms with van der Waals surface area (Å²) in [6.45, 7) is 0. The van der Waals surface area contributed by atoms with Crippen LogP contribution < -0.4 is 9.47 Å². The average Bonchev–Trinajstić information content (AvgIpc) is 2.76. The minimum absolute atomic E-state index is 0.551. The lowest BCUT2D eigenvalue weighted by Gasteiger charge is -2.13. The summed E-state index contributed by atoms with van der Waals surface area (Å²) in [6.07, 6.45) is 0. The lowest BCUT2D eigenvalue weighted by Crippen LogP contribution is -2.15. The van der Waals surface area contributed by atoms with E-state index in [1.165, 1.54) is 14.2 Å². The molecule has 0 N–H and O–H groups in total. The molecular weight excluding hydrogens is 364 g/mol. The highest BCUT2D eigenvalue weighted by atomic mass is 16.5. The first-order valence-corrected chi connectivity index (χ1v) is 8.37. The molecule has 0 aliphatic rings. The quantitative estimate of drug-likeness (QED) is 0.510. The summed E-state index contributed by atoms with van der Waals surface area (Å²) >= 11 is 0. The van der Waals surface area contributed by atoms with E-state index in [1.807, 2.05) is 0 Å². The summed E-state index contributed by atoms with van der Waals surface area (Å²) < 4.78 is 19.9. The maximum atomic E-state index is 12.2. The van der Waals surface area contributed by atoms with E-state index in [0.29, 0.717) is 22.6 Å². The van der Waals surface area contributed by atoms with Crippen molar-refractivity contribution in [2.75, 3.05) is 28.4 Å². The van der Waals surface area contributed by atoms with E-state index >= 15 is 0 Å². The molecule has 0 amide bonds. The standard InChI is InChI=1S/C20H22N2O6/c1-25-15-9-5-13(6-10-15)17(19(23)27-3)21-22-18(20(24)28-4)14-7-11-16(26-2)12-8-14/h5-12,17-18H,1-4H3. The molecule has 2 rings (SSSR count). The monoisotopic (exact) mass is 386 g/mol. The molecule has 8 heteroatoms. The molecule has 28 heavy (non-hydrogen) atoms. The van der Waals surface area contributed by atoms with E-state index in [1.54, 1.807) is 62.8 Å². The van der Waals surface area contributed by atoms with E-state index in [4.69, 9.17) is 18.9 Å². The van der Waals surface area contributed by atoms with Crippen molar-refractivity contribution in [3.05, 3.63) is 59.7 Å². The van der Waals surface area contributed by atoms with Crippen LogP contribution in [0.1, 0.15) is 23.2 Å². The molecule has 0 aromatic heterocycles. The molecule has 0 spiro atoms. The van der Waals surface area contributed by atoms with Gasteiger partial charge in [-0.05, 0) is 35.4 Å². The Morgan fingerprint density at radius 2 is 0.964 bits per heavy atom. The number of carbonyl (C=O) groups is 2. The lowest BCUT2D eigenvalue weighted by molar-refractivity contribution is -0.144. The van der Waals surface area contributed by atoms with Crippen LogP contribution in [0.3, 0.4) is 0 Å². The zero-order valence-electron chi connectivity index (χ0n) is 16.1. The molecule has 0 bridgehead atoms. The van der Waals surface area contributed by atoms with Gasteiger partial charge in [0.1, 0.15) is 11.5 Å². The Bertz CT molecular complexity index is 748. The second-order valence-corrected chi connectivity index (χ2v) is 5.63. The van der Waals surface area contributed by atoms with E-state index in [-0.39, 0.29) is 0 Å². The Hall–Kier alpha value is -3.42. The highest BCUT2D eigenvalue weighted by molar-refractivity contribution is 5.79. The normalized spacial score (nSPS) is 12.9. The molecule has 0 aliphatic carbocycles. The fourth-order valence-electron chi connectivity index (χ4n) is 2.43. The Kier molecular flexibility index (Phi) is 7.50. The number of azo groups is 1. The van der Waals surface area contributed by atoms with E-state index < -0.39 is 24.0 Å². The first-order valence-electron chi connectivity index (χ1n) is 8.37. The van der Waals surface area contributed by atoms with Gasteiger partial charge >= 0.3 is 11.9 Å². The number of methoxy groups -OCH3 is 4. The second-order valence-electron chi connectivity index (χ2n) is 5.63. The fourth-order valence-corrected chi connectivity index (χ4v) is 2.43. The van der Waals surface area contributed by atoms with Gasteiger partial charge in [-0.25, -0.2) is 9.59 Å². The van der Waals surface area contributed by atoms with Crippen molar-refractivity contribution in [3.8, 4) is 11.5 Å². The summed E-state index contributed by atoms with van der Waals surface area (Å²) in [4.78, 5) is 24.4. The van der Waals surface area contributed by atoms with Gasteiger partial charge in [-0.3, -0.25) is 0 Å². The summed E-state index contributed by atoms with van der Waals surface area (Å²) in [5.74, 6) is 0.0597. The Labute approximate surface area is 163 Å². The summed E-state index contributed by atoms with van der Waals surface area (Å²) in [5, 5.41) is 8.17. The van der Waals surface area contributed by atoms with Crippen molar-refractivity contribution < 1.29 is 28.5 Å². The van der Waals surface area contributed by atoms with E-state index in [2.05, 4.69) is 10.2 Å². The molecule has 0 heterocycles. The molecule has 148 valence electrons. The number of carbonyl (C=O) groups excluding carboxylic acids is 2. The molecule has 0 saturated heterocycles. The highest BCUT2D eigenvalue weighted by Crippen LogP contribution is 2.27. The Morgan fingerprint density at radius 3 is 1.21 bits per heavy atom. The molecule has 2 aromatic carbocycles. The van der Waals surface area contributed by atoms with Crippen LogP contribution in [0.25, 0.3) is 0 Å². The van der Waals surface area contributed by atoms with Gasteiger partial charge in [0.2, 0.25) is 0 Å². The molecule has 2 unspecified atom stereocenters. The number of ether oxygens (including phenoxy) is 4. The van der Waals surface area contributed by atoms with Gasteiger partial charge in [0.25, 0.3) is 0 Å². The largest absolute Gasteiger partial charge is 0.497 e. The van der Waals surface area contributed by atoms with Gasteiger partial charge in [-0.15, -0.1) is 0 Å². The van der Waals surface area contributed by atoms with Crippen LogP contribution in [-0.2, 0) is 19.1 Å². The van der Waals surface area contributed by atoms with Gasteiger partial charge in [0, 0.05) is 0 Å². The second kappa shape index (κ2) is 10.1. The van der Waals surface area contributed by atoms with Crippen molar-refractivity contribution >= 4 is 11.9 Å². The van der Waals surface area contributed by atoms with Crippen LogP contribution in [0.15, 0.2) is 58.8 Å². The number of esters is 2. The highest BCUT2D eigenvalue weighted by Gasteiger charge is 2.25. The predicted octanol–water partition coefficient (Wildman–Crippen LogP) is 3.28. The van der Waals surface area contributed by atoms with Crippen LogP contribution in [0.4, 0.5) is 0 Å². The number of benzene rings is 2. The van der Waals surface area contributed by atoms with E-state index in [9.17, 15) is 9.59 Å². The third-order valence-corrected chi connectivity index (χ3v) is 4.01. The van der Waals surface area contributed by atoms with Gasteiger partial charge in [0.05, 0.1) is 28.4 Å². The minimum atomic E-state index is -1.03. The maximum absolute atomic E-state index is 12.2. The van der Waals surface area contributed by atoms with Gasteiger partial charge in [0.15, 0.2) is 12.1 Å². The first kappa shape index (κ1) is 20.9. The van der Waals surface area contributed by atoms with Crippen LogP contribution in [0.5, 0.6) is 11.5 Å². The summed E-state index contributed by atoms with van der Waals surface area (Å²) in [5.41, 5.74) is 1.10. The number of rotatable bonds is 8. The van der Waals surface area contributed by atoms with Crippen LogP contribution in [0.2, 0.25) is 0 Å². The lowest BCUT2D eigenvalue weighted by atomic mass is 10.1. The van der Waals surface area contributed by atoms with Crippen LogP contribution in [-0.4, -0.2) is 40.4 Å². The van der Waals surface area contributed by atoms with Crippen molar-refractivity contribution in [2.24, 2.45) is 10.2 Å². The minimum Gasteiger partial charge on any atom is -0.497 e. The average molecular weight is 386 g/mol. The third kappa shape index (κ3) is 5.06. The molecule has 2 aromatic rings. The van der Waals surface area contributed by atoms with Crippen molar-refractivity contribution in [2.45, 2.75) is 12.1 Å². The summed E-state index contributed by atoms with van der Waals surface area (Å²) in [6, 6.07) is 11.5. The van der Waals surface area contributed by atoms with Crippen LogP contribution >= 0.6 is 0 Å². The fraction of sp³-hybridized carbons (Fsp3) is 0.300. The van der Waals surface area contributed by atoms with Crippen LogP contribution in [0, 0.1) is 0 Å². The molecule has 8 nitrogen and oxygen atoms in total. The molecule has 0 fully saturated rings. The molecule has 0 saturated carbocycles. The van der Waals surface area contributed by atoms with Gasteiger partial charge in [-0.1, -0.05) is 24.3 Å². The Balaban J connectivity index is 2.35. The van der Waals surface area contributed by atoms with E-state index in [0.717, 1.165) is 0 Å².